The van der Waals surface area contributed by atoms with Crippen molar-refractivity contribution in [1.29, 1.82) is 0 Å². The lowest BCUT2D eigenvalue weighted by Crippen LogP contribution is -2.09. The van der Waals surface area contributed by atoms with Gasteiger partial charge in [-0.3, -0.25) is 0 Å². The Kier molecular flexibility index (Phi) is 3.53. The highest BCUT2D eigenvalue weighted by atomic mass is 16.5. The van der Waals surface area contributed by atoms with E-state index >= 15 is 0 Å². The molecule has 0 saturated heterocycles. The van der Waals surface area contributed by atoms with Crippen molar-refractivity contribution < 1.29 is 9.47 Å². The van der Waals surface area contributed by atoms with E-state index in [4.69, 9.17) is 9.47 Å². The molecule has 1 aliphatic heterocycles. The molecule has 1 heterocycles. The molecule has 0 saturated carbocycles. The maximum atomic E-state index is 6.07. The molecule has 3 aromatic rings. The van der Waals surface area contributed by atoms with Gasteiger partial charge in [-0.25, -0.2) is 0 Å². The van der Waals surface area contributed by atoms with E-state index in [9.17, 15) is 0 Å². The highest BCUT2D eigenvalue weighted by Crippen LogP contribution is 2.43. The van der Waals surface area contributed by atoms with E-state index in [0.717, 1.165) is 11.5 Å². The molecule has 0 fully saturated rings. The summed E-state index contributed by atoms with van der Waals surface area (Å²) in [6, 6.07) is 16.7. The van der Waals surface area contributed by atoms with E-state index in [-0.39, 0.29) is 0 Å². The van der Waals surface area contributed by atoms with Crippen LogP contribution in [-0.4, -0.2) is 13.7 Å². The van der Waals surface area contributed by atoms with Crippen molar-refractivity contribution in [1.82, 2.24) is 0 Å². The van der Waals surface area contributed by atoms with Crippen LogP contribution in [0, 0.1) is 13.8 Å². The second kappa shape index (κ2) is 5.72. The summed E-state index contributed by atoms with van der Waals surface area (Å²) in [6.07, 6.45) is 2.17. The van der Waals surface area contributed by atoms with E-state index in [2.05, 4.69) is 56.3 Å². The van der Waals surface area contributed by atoms with Crippen molar-refractivity contribution in [3.8, 4) is 11.5 Å². The van der Waals surface area contributed by atoms with Gasteiger partial charge in [-0.2, -0.15) is 0 Å². The first-order valence-electron chi connectivity index (χ1n) is 8.20. The number of hydrogen-bond acceptors (Lipinski definition) is 2. The lowest BCUT2D eigenvalue weighted by atomic mass is 9.86. The van der Waals surface area contributed by atoms with E-state index in [1.807, 2.05) is 12.1 Å². The van der Waals surface area contributed by atoms with E-state index in [1.165, 1.54) is 38.6 Å². The molecule has 0 atom stereocenters. The van der Waals surface area contributed by atoms with Gasteiger partial charge in [0.05, 0.1) is 7.11 Å². The summed E-state index contributed by atoms with van der Waals surface area (Å²) in [5, 5.41) is 2.46. The quantitative estimate of drug-likeness (QED) is 0.639. The monoisotopic (exact) mass is 316 g/mol. The molecule has 2 nitrogen and oxygen atoms in total. The SMILES string of the molecule is COc1ccc(C2=CCOc3c2c(C)c(C)c2ccccc32)cc1. The third kappa shape index (κ3) is 2.18. The lowest BCUT2D eigenvalue weighted by molar-refractivity contribution is 0.361. The molecule has 0 N–H and O–H groups in total. The van der Waals surface area contributed by atoms with Crippen LogP contribution in [0.25, 0.3) is 16.3 Å². The van der Waals surface area contributed by atoms with Crippen LogP contribution in [0.15, 0.2) is 54.6 Å². The van der Waals surface area contributed by atoms with Crippen molar-refractivity contribution in [3.05, 3.63) is 76.9 Å². The largest absolute Gasteiger partial charge is 0.497 e. The predicted octanol–water partition coefficient (Wildman–Crippen LogP) is 5.29. The summed E-state index contributed by atoms with van der Waals surface area (Å²) in [4.78, 5) is 0. The molecule has 1 aliphatic rings. The van der Waals surface area contributed by atoms with Crippen LogP contribution in [0.2, 0.25) is 0 Å². The molecule has 0 unspecified atom stereocenters. The van der Waals surface area contributed by atoms with E-state index in [1.54, 1.807) is 7.11 Å². The van der Waals surface area contributed by atoms with Gasteiger partial charge in [-0.05, 0) is 59.7 Å². The average molecular weight is 316 g/mol. The fourth-order valence-corrected chi connectivity index (χ4v) is 3.52. The maximum Gasteiger partial charge on any atom is 0.135 e. The fourth-order valence-electron chi connectivity index (χ4n) is 3.52. The molecule has 0 bridgehead atoms. The Labute approximate surface area is 142 Å². The molecule has 0 spiro atoms. The first kappa shape index (κ1) is 14.8. The molecule has 120 valence electrons. The topological polar surface area (TPSA) is 18.5 Å². The number of ether oxygens (including phenoxy) is 2. The van der Waals surface area contributed by atoms with Gasteiger partial charge in [-0.15, -0.1) is 0 Å². The summed E-state index contributed by atoms with van der Waals surface area (Å²) in [5.74, 6) is 1.88. The van der Waals surface area contributed by atoms with Crippen molar-refractivity contribution >= 4 is 16.3 Å². The molecular weight excluding hydrogens is 296 g/mol. The summed E-state index contributed by atoms with van der Waals surface area (Å²) in [6.45, 7) is 4.98. The summed E-state index contributed by atoms with van der Waals surface area (Å²) in [5.41, 5.74) is 6.24. The molecule has 0 aliphatic carbocycles. The van der Waals surface area contributed by atoms with Gasteiger partial charge < -0.3 is 9.47 Å². The van der Waals surface area contributed by atoms with Crippen LogP contribution < -0.4 is 9.47 Å². The Balaban J connectivity index is 1.97. The molecule has 0 radical (unpaired) electrons. The van der Waals surface area contributed by atoms with Crippen molar-refractivity contribution in [3.63, 3.8) is 0 Å². The predicted molar refractivity (Wildman–Crippen MR) is 99.0 cm³/mol. The Bertz CT molecular complexity index is 950. The van der Waals surface area contributed by atoms with Gasteiger partial charge in [0.1, 0.15) is 18.1 Å². The van der Waals surface area contributed by atoms with Crippen molar-refractivity contribution in [2.45, 2.75) is 13.8 Å². The zero-order valence-electron chi connectivity index (χ0n) is 14.2. The average Bonchev–Trinajstić information content (AvgIpc) is 2.65. The third-order valence-corrected chi connectivity index (χ3v) is 4.93. The second-order valence-corrected chi connectivity index (χ2v) is 6.16. The fraction of sp³-hybridized carbons (Fsp3) is 0.182. The van der Waals surface area contributed by atoms with Gasteiger partial charge >= 0.3 is 0 Å². The Morgan fingerprint density at radius 2 is 1.58 bits per heavy atom. The van der Waals surface area contributed by atoms with Crippen LogP contribution in [0.5, 0.6) is 11.5 Å². The first-order valence-corrected chi connectivity index (χ1v) is 8.20. The highest BCUT2D eigenvalue weighted by molar-refractivity contribution is 6.00. The standard InChI is InChI=1S/C22H20O2/c1-14-15(2)21-19(16-8-10-17(23-3)11-9-16)12-13-24-22(21)20-7-5-4-6-18(14)20/h4-12H,13H2,1-3H3. The number of aryl methyl sites for hydroxylation is 1. The molecule has 24 heavy (non-hydrogen) atoms. The minimum Gasteiger partial charge on any atom is -0.497 e. The van der Waals surface area contributed by atoms with Crippen LogP contribution >= 0.6 is 0 Å². The van der Waals surface area contributed by atoms with Crippen LogP contribution in [-0.2, 0) is 0 Å². The molecule has 2 heteroatoms. The minimum atomic E-state index is 0.598. The number of benzene rings is 3. The zero-order chi connectivity index (χ0) is 16.7. The molecule has 0 aromatic heterocycles. The highest BCUT2D eigenvalue weighted by Gasteiger charge is 2.22. The summed E-state index contributed by atoms with van der Waals surface area (Å²) in [7, 11) is 1.69. The lowest BCUT2D eigenvalue weighted by Gasteiger charge is -2.25. The molecule has 4 rings (SSSR count). The van der Waals surface area contributed by atoms with Gasteiger partial charge in [-0.1, -0.05) is 36.4 Å². The minimum absolute atomic E-state index is 0.598. The molecule has 3 aromatic carbocycles. The molecule has 0 amide bonds. The number of fused-ring (bicyclic) bond motifs is 3. The van der Waals surface area contributed by atoms with Gasteiger partial charge in [0.25, 0.3) is 0 Å². The smallest absolute Gasteiger partial charge is 0.135 e. The van der Waals surface area contributed by atoms with Crippen LogP contribution in [0.1, 0.15) is 22.3 Å². The Hall–Kier alpha value is -2.74. The van der Waals surface area contributed by atoms with Crippen molar-refractivity contribution in [2.75, 3.05) is 13.7 Å². The third-order valence-electron chi connectivity index (χ3n) is 4.93. The zero-order valence-corrected chi connectivity index (χ0v) is 14.2. The summed E-state index contributed by atoms with van der Waals surface area (Å²) < 4.78 is 11.4. The number of methoxy groups -OCH3 is 1. The van der Waals surface area contributed by atoms with Gasteiger partial charge in [0.15, 0.2) is 0 Å². The Morgan fingerprint density at radius 3 is 2.29 bits per heavy atom. The van der Waals surface area contributed by atoms with E-state index < -0.39 is 0 Å². The number of rotatable bonds is 2. The normalized spacial score (nSPS) is 13.2. The van der Waals surface area contributed by atoms with E-state index in [0.29, 0.717) is 6.61 Å². The summed E-state index contributed by atoms with van der Waals surface area (Å²) >= 11 is 0. The van der Waals surface area contributed by atoms with Crippen molar-refractivity contribution in [2.24, 2.45) is 0 Å². The Morgan fingerprint density at radius 1 is 0.875 bits per heavy atom. The molecular formula is C22H20O2. The van der Waals surface area contributed by atoms with Gasteiger partial charge in [0, 0.05) is 10.9 Å². The van der Waals surface area contributed by atoms with Gasteiger partial charge in [0.2, 0.25) is 0 Å². The second-order valence-electron chi connectivity index (χ2n) is 6.16. The first-order chi connectivity index (χ1) is 11.7. The number of hydrogen-bond donors (Lipinski definition) is 0. The van der Waals surface area contributed by atoms with Crippen LogP contribution in [0.3, 0.4) is 0 Å². The van der Waals surface area contributed by atoms with Crippen LogP contribution in [0.4, 0.5) is 0 Å². The maximum absolute atomic E-state index is 6.07.